The molecule has 1 heterocycles. The first-order valence-corrected chi connectivity index (χ1v) is 11.2. The van der Waals surface area contributed by atoms with Crippen molar-refractivity contribution in [1.82, 2.24) is 20.5 Å². The highest BCUT2D eigenvalue weighted by Crippen LogP contribution is 2.32. The Hall–Kier alpha value is -3.29. The van der Waals surface area contributed by atoms with Gasteiger partial charge in [0.15, 0.2) is 0 Å². The lowest BCUT2D eigenvalue weighted by atomic mass is 10.0. The number of carbonyl (C=O) groups excluding carboxylic acids is 2. The Morgan fingerprint density at radius 2 is 1.91 bits per heavy atom. The van der Waals surface area contributed by atoms with E-state index in [-0.39, 0.29) is 23.9 Å². The third-order valence-electron chi connectivity index (χ3n) is 5.92. The number of hydrogen-bond acceptors (Lipinski definition) is 4. The summed E-state index contributed by atoms with van der Waals surface area (Å²) in [4.78, 5) is 31.2. The molecule has 0 bridgehead atoms. The summed E-state index contributed by atoms with van der Waals surface area (Å²) >= 11 is 6.30. The molecule has 0 aliphatic heterocycles. The quantitative estimate of drug-likeness (QED) is 0.418. The predicted molar refractivity (Wildman–Crippen MR) is 130 cm³/mol. The van der Waals surface area contributed by atoms with Gasteiger partial charge in [0.2, 0.25) is 0 Å². The number of benzene rings is 2. The Morgan fingerprint density at radius 3 is 2.67 bits per heavy atom. The van der Waals surface area contributed by atoms with E-state index in [4.69, 9.17) is 17.3 Å². The van der Waals surface area contributed by atoms with Crippen LogP contribution in [0.15, 0.2) is 48.7 Å². The zero-order valence-electron chi connectivity index (χ0n) is 18.9. The van der Waals surface area contributed by atoms with Crippen LogP contribution < -0.4 is 16.4 Å². The second kappa shape index (κ2) is 9.29. The van der Waals surface area contributed by atoms with E-state index in [0.717, 1.165) is 28.8 Å². The van der Waals surface area contributed by atoms with Gasteiger partial charge in [-0.05, 0) is 67.9 Å². The van der Waals surface area contributed by atoms with E-state index in [9.17, 15) is 9.59 Å². The van der Waals surface area contributed by atoms with Crippen LogP contribution in [0.4, 0.5) is 5.69 Å². The van der Waals surface area contributed by atoms with E-state index in [2.05, 4.69) is 15.6 Å². The van der Waals surface area contributed by atoms with Gasteiger partial charge in [-0.3, -0.25) is 9.59 Å². The molecule has 0 unspecified atom stereocenters. The van der Waals surface area contributed by atoms with Crippen LogP contribution in [-0.4, -0.2) is 41.8 Å². The van der Waals surface area contributed by atoms with Gasteiger partial charge in [-0.25, -0.2) is 0 Å². The number of anilines is 1. The standard InChI is InChI=1S/C25H28ClN5O2/c1-14-8-18(19(26)11-20(14)27)24(32)30-23-17-7-5-4-6-16(17)10-21(23)29-25(33)22-9-15(12-28-22)13-31(2)3/h4-9,11-12,21,23,28H,10,13,27H2,1-3H3,(H,29,33)(H,30,32)/t21-,23-/m1/s1. The summed E-state index contributed by atoms with van der Waals surface area (Å²) in [5.41, 5.74) is 11.2. The highest BCUT2D eigenvalue weighted by atomic mass is 35.5. The van der Waals surface area contributed by atoms with Gasteiger partial charge in [-0.1, -0.05) is 35.9 Å². The van der Waals surface area contributed by atoms with Crippen molar-refractivity contribution in [3.63, 3.8) is 0 Å². The number of amides is 2. The topological polar surface area (TPSA) is 103 Å². The molecule has 2 aromatic carbocycles. The van der Waals surface area contributed by atoms with Crippen LogP contribution in [0, 0.1) is 6.92 Å². The van der Waals surface area contributed by atoms with Crippen LogP contribution in [0.5, 0.6) is 0 Å². The zero-order chi connectivity index (χ0) is 23.7. The van der Waals surface area contributed by atoms with Crippen molar-refractivity contribution in [3.05, 3.63) is 87.2 Å². The number of rotatable bonds is 6. The summed E-state index contributed by atoms with van der Waals surface area (Å²) in [6.07, 6.45) is 2.45. The summed E-state index contributed by atoms with van der Waals surface area (Å²) in [6.45, 7) is 2.57. The number of aryl methyl sites for hydroxylation is 1. The van der Waals surface area contributed by atoms with Crippen molar-refractivity contribution in [2.24, 2.45) is 0 Å². The van der Waals surface area contributed by atoms with Crippen molar-refractivity contribution in [2.75, 3.05) is 19.8 Å². The first-order valence-electron chi connectivity index (χ1n) is 10.8. The van der Waals surface area contributed by atoms with Crippen molar-refractivity contribution in [1.29, 1.82) is 0 Å². The number of carbonyl (C=O) groups is 2. The Morgan fingerprint density at radius 1 is 1.15 bits per heavy atom. The van der Waals surface area contributed by atoms with Crippen LogP contribution in [0.1, 0.15) is 49.1 Å². The molecule has 0 saturated heterocycles. The molecule has 5 N–H and O–H groups in total. The Bertz CT molecular complexity index is 1200. The van der Waals surface area contributed by atoms with Gasteiger partial charge >= 0.3 is 0 Å². The lowest BCUT2D eigenvalue weighted by Crippen LogP contribution is -2.44. The molecule has 172 valence electrons. The summed E-state index contributed by atoms with van der Waals surface area (Å²) in [5.74, 6) is -0.518. The fourth-order valence-electron chi connectivity index (χ4n) is 4.27. The van der Waals surface area contributed by atoms with Crippen LogP contribution >= 0.6 is 11.6 Å². The number of hydrogen-bond donors (Lipinski definition) is 4. The monoisotopic (exact) mass is 465 g/mol. The Balaban J connectivity index is 1.55. The van der Waals surface area contributed by atoms with Crippen LogP contribution in [0.2, 0.25) is 5.02 Å². The van der Waals surface area contributed by atoms with Crippen molar-refractivity contribution < 1.29 is 9.59 Å². The molecule has 0 saturated carbocycles. The third kappa shape index (κ3) is 4.89. The van der Waals surface area contributed by atoms with Crippen molar-refractivity contribution in [2.45, 2.75) is 32.0 Å². The number of halogens is 1. The maximum Gasteiger partial charge on any atom is 0.268 e. The maximum atomic E-state index is 13.1. The van der Waals surface area contributed by atoms with E-state index in [1.165, 1.54) is 0 Å². The lowest BCUT2D eigenvalue weighted by molar-refractivity contribution is 0.0885. The van der Waals surface area contributed by atoms with Gasteiger partial charge in [0.1, 0.15) is 5.69 Å². The first kappa shape index (κ1) is 22.9. The van der Waals surface area contributed by atoms with Gasteiger partial charge in [0.05, 0.1) is 22.7 Å². The van der Waals surface area contributed by atoms with Gasteiger partial charge in [-0.2, -0.15) is 0 Å². The summed E-state index contributed by atoms with van der Waals surface area (Å²) in [6, 6.07) is 12.3. The number of nitrogen functional groups attached to an aromatic ring is 1. The summed E-state index contributed by atoms with van der Waals surface area (Å²) in [5, 5.41) is 6.47. The molecule has 4 rings (SSSR count). The van der Waals surface area contributed by atoms with E-state index >= 15 is 0 Å². The molecular weight excluding hydrogens is 438 g/mol. The SMILES string of the molecule is Cc1cc(C(=O)N[C@@H]2c3ccccc3C[C@H]2NC(=O)c2cc(CN(C)C)c[nH]2)c(Cl)cc1N. The number of aromatic nitrogens is 1. The molecule has 1 aromatic heterocycles. The minimum Gasteiger partial charge on any atom is -0.398 e. The fraction of sp³-hybridized carbons (Fsp3) is 0.280. The van der Waals surface area contributed by atoms with E-state index in [1.807, 2.05) is 62.4 Å². The number of fused-ring (bicyclic) bond motifs is 1. The van der Waals surface area contributed by atoms with Crippen LogP contribution in [-0.2, 0) is 13.0 Å². The minimum absolute atomic E-state index is 0.210. The number of aromatic amines is 1. The predicted octanol–water partition coefficient (Wildman–Crippen LogP) is 3.45. The third-order valence-corrected chi connectivity index (χ3v) is 6.23. The molecule has 7 nitrogen and oxygen atoms in total. The Labute approximate surface area is 198 Å². The minimum atomic E-state index is -0.386. The second-order valence-corrected chi connectivity index (χ2v) is 9.19. The molecule has 1 aliphatic carbocycles. The van der Waals surface area contributed by atoms with Gasteiger partial charge < -0.3 is 26.3 Å². The van der Waals surface area contributed by atoms with Crippen LogP contribution in [0.3, 0.4) is 0 Å². The molecule has 8 heteroatoms. The second-order valence-electron chi connectivity index (χ2n) is 8.78. The van der Waals surface area contributed by atoms with E-state index in [1.54, 1.807) is 12.1 Å². The van der Waals surface area contributed by atoms with Gasteiger partial charge in [0.25, 0.3) is 11.8 Å². The first-order chi connectivity index (χ1) is 15.7. The molecule has 2 atom stereocenters. The smallest absolute Gasteiger partial charge is 0.268 e. The molecule has 3 aromatic rings. The highest BCUT2D eigenvalue weighted by Gasteiger charge is 2.35. The average Bonchev–Trinajstić information content (AvgIpc) is 3.35. The normalized spacial score (nSPS) is 17.1. The highest BCUT2D eigenvalue weighted by molar-refractivity contribution is 6.34. The van der Waals surface area contributed by atoms with Crippen molar-refractivity contribution >= 4 is 29.1 Å². The Kier molecular flexibility index (Phi) is 6.44. The van der Waals surface area contributed by atoms with Gasteiger partial charge in [0, 0.05) is 18.4 Å². The van der Waals surface area contributed by atoms with Gasteiger partial charge in [-0.15, -0.1) is 0 Å². The number of H-pyrrole nitrogens is 1. The molecular formula is C25H28ClN5O2. The molecule has 2 amide bonds. The van der Waals surface area contributed by atoms with E-state index in [0.29, 0.717) is 28.4 Å². The van der Waals surface area contributed by atoms with Crippen molar-refractivity contribution in [3.8, 4) is 0 Å². The lowest BCUT2D eigenvalue weighted by Gasteiger charge is -2.23. The molecule has 33 heavy (non-hydrogen) atoms. The number of nitrogens with two attached hydrogens (primary N) is 1. The largest absolute Gasteiger partial charge is 0.398 e. The average molecular weight is 466 g/mol. The fourth-order valence-corrected chi connectivity index (χ4v) is 4.53. The molecule has 1 aliphatic rings. The number of nitrogens with zero attached hydrogens (tertiary/aromatic N) is 1. The number of nitrogens with one attached hydrogen (secondary N) is 3. The summed E-state index contributed by atoms with van der Waals surface area (Å²) in [7, 11) is 3.95. The summed E-state index contributed by atoms with van der Waals surface area (Å²) < 4.78 is 0. The van der Waals surface area contributed by atoms with E-state index < -0.39 is 0 Å². The molecule has 0 radical (unpaired) electrons. The molecule has 0 fully saturated rings. The van der Waals surface area contributed by atoms with Crippen LogP contribution in [0.25, 0.3) is 0 Å². The maximum absolute atomic E-state index is 13.1. The zero-order valence-corrected chi connectivity index (χ0v) is 19.7. The molecule has 0 spiro atoms.